The number of methoxy groups -OCH3 is 1. The summed E-state index contributed by atoms with van der Waals surface area (Å²) in [4.78, 5) is 0. The summed E-state index contributed by atoms with van der Waals surface area (Å²) in [5.41, 5.74) is 0.949. The molecule has 1 aromatic heterocycles. The van der Waals surface area contributed by atoms with E-state index < -0.39 is 10.0 Å². The molecule has 0 spiro atoms. The normalized spacial score (nSPS) is 11.9. The van der Waals surface area contributed by atoms with E-state index in [1.165, 1.54) is 4.57 Å². The van der Waals surface area contributed by atoms with E-state index in [1.54, 1.807) is 7.11 Å². The fourth-order valence-electron chi connectivity index (χ4n) is 2.11. The maximum atomic E-state index is 11.6. The zero-order chi connectivity index (χ0) is 15.6. The predicted molar refractivity (Wildman–Crippen MR) is 77.6 cm³/mol. The molecule has 0 amide bonds. The van der Waals surface area contributed by atoms with E-state index in [9.17, 15) is 8.42 Å². The van der Waals surface area contributed by atoms with Gasteiger partial charge in [0.05, 0.1) is 7.11 Å². The van der Waals surface area contributed by atoms with Crippen molar-refractivity contribution in [2.45, 2.75) is 31.5 Å². The molecule has 0 fully saturated rings. The Kier molecular flexibility index (Phi) is 4.29. The van der Waals surface area contributed by atoms with Crippen molar-refractivity contribution >= 4 is 10.0 Å². The predicted octanol–water partition coefficient (Wildman–Crippen LogP) is 1.11. The van der Waals surface area contributed by atoms with Crippen LogP contribution in [0.3, 0.4) is 0 Å². The van der Waals surface area contributed by atoms with Crippen LogP contribution in [-0.2, 0) is 16.4 Å². The minimum Gasteiger partial charge on any atom is -0.497 e. The Bertz CT molecular complexity index is 738. The molecule has 0 aliphatic heterocycles. The highest BCUT2D eigenvalue weighted by Crippen LogP contribution is 2.19. The Balaban J connectivity index is 2.43. The molecular weight excluding hydrogens is 292 g/mol. The van der Waals surface area contributed by atoms with Crippen LogP contribution in [0.5, 0.6) is 5.75 Å². The van der Waals surface area contributed by atoms with Crippen molar-refractivity contribution in [3.05, 3.63) is 35.7 Å². The highest BCUT2D eigenvalue weighted by atomic mass is 32.2. The molecule has 0 aliphatic carbocycles. The molecule has 0 radical (unpaired) electrons. The van der Waals surface area contributed by atoms with E-state index in [-0.39, 0.29) is 11.2 Å². The monoisotopic (exact) mass is 310 g/mol. The number of aromatic nitrogens is 3. The number of sulfonamides is 1. The lowest BCUT2D eigenvalue weighted by Crippen LogP contribution is -2.20. The summed E-state index contributed by atoms with van der Waals surface area (Å²) in [6, 6.07) is 7.38. The molecule has 8 heteroatoms. The Hall–Kier alpha value is -1.93. The first-order valence-electron chi connectivity index (χ1n) is 6.42. The van der Waals surface area contributed by atoms with Gasteiger partial charge in [-0.1, -0.05) is 12.1 Å². The number of ether oxygens (including phenoxy) is 1. The number of benzene rings is 1. The molecule has 0 unspecified atom stereocenters. The summed E-state index contributed by atoms with van der Waals surface area (Å²) in [6.07, 6.45) is 0.442. The number of nitrogens with two attached hydrogens (primary N) is 1. The summed E-state index contributed by atoms with van der Waals surface area (Å²) >= 11 is 0. The molecule has 2 N–H and O–H groups in total. The molecule has 1 aromatic carbocycles. The fraction of sp³-hybridized carbons (Fsp3) is 0.385. The topological polar surface area (TPSA) is 100 Å². The molecule has 0 atom stereocenters. The van der Waals surface area contributed by atoms with Crippen molar-refractivity contribution in [1.82, 2.24) is 14.8 Å². The minimum absolute atomic E-state index is 0.117. The standard InChI is InChI=1S/C13H18N4O3S/c1-9(2)17-12(15-16-13(17)21(14,18)19)8-10-5-4-6-11(7-10)20-3/h4-7,9H,8H2,1-3H3,(H2,14,18,19). The SMILES string of the molecule is COc1cccc(Cc2nnc(S(N)(=O)=O)n2C(C)C)c1. The second kappa shape index (κ2) is 5.82. The third-order valence-corrected chi connectivity index (χ3v) is 3.79. The first-order valence-corrected chi connectivity index (χ1v) is 7.97. The second-order valence-corrected chi connectivity index (χ2v) is 6.39. The summed E-state index contributed by atoms with van der Waals surface area (Å²) in [5, 5.41) is 12.6. The van der Waals surface area contributed by atoms with Crippen LogP contribution >= 0.6 is 0 Å². The van der Waals surface area contributed by atoms with Crippen LogP contribution in [0.15, 0.2) is 29.4 Å². The Labute approximate surface area is 123 Å². The van der Waals surface area contributed by atoms with Gasteiger partial charge in [-0.25, -0.2) is 13.6 Å². The lowest BCUT2D eigenvalue weighted by Gasteiger charge is -2.13. The Morgan fingerprint density at radius 3 is 2.62 bits per heavy atom. The Morgan fingerprint density at radius 1 is 1.33 bits per heavy atom. The maximum absolute atomic E-state index is 11.6. The number of hydrogen-bond donors (Lipinski definition) is 1. The van der Waals surface area contributed by atoms with Crippen molar-refractivity contribution in [1.29, 1.82) is 0 Å². The Morgan fingerprint density at radius 2 is 2.05 bits per heavy atom. The van der Waals surface area contributed by atoms with Crippen molar-refractivity contribution in [3.63, 3.8) is 0 Å². The zero-order valence-corrected chi connectivity index (χ0v) is 13.0. The molecule has 2 rings (SSSR count). The summed E-state index contributed by atoms with van der Waals surface area (Å²) in [7, 11) is -2.31. The second-order valence-electron chi connectivity index (χ2n) is 4.94. The van der Waals surface area contributed by atoms with Crippen molar-refractivity contribution in [3.8, 4) is 5.75 Å². The van der Waals surface area contributed by atoms with E-state index >= 15 is 0 Å². The summed E-state index contributed by atoms with van der Waals surface area (Å²) < 4.78 is 29.8. The summed E-state index contributed by atoms with van der Waals surface area (Å²) in [5.74, 6) is 1.28. The van der Waals surface area contributed by atoms with Gasteiger partial charge in [0.25, 0.3) is 15.2 Å². The van der Waals surface area contributed by atoms with E-state index in [0.717, 1.165) is 11.3 Å². The van der Waals surface area contributed by atoms with Crippen LogP contribution in [0.2, 0.25) is 0 Å². The molecule has 0 bridgehead atoms. The van der Waals surface area contributed by atoms with Gasteiger partial charge < -0.3 is 4.74 Å². The average molecular weight is 310 g/mol. The van der Waals surface area contributed by atoms with Gasteiger partial charge in [-0.3, -0.25) is 4.57 Å². The molecule has 2 aromatic rings. The van der Waals surface area contributed by atoms with Crippen molar-refractivity contribution in [2.24, 2.45) is 5.14 Å². The van der Waals surface area contributed by atoms with Crippen LogP contribution in [0, 0.1) is 0 Å². The highest BCUT2D eigenvalue weighted by Gasteiger charge is 2.22. The molecule has 1 heterocycles. The quantitative estimate of drug-likeness (QED) is 0.891. The van der Waals surface area contributed by atoms with E-state index in [1.807, 2.05) is 38.1 Å². The van der Waals surface area contributed by atoms with Gasteiger partial charge in [-0.2, -0.15) is 0 Å². The molecule has 114 valence electrons. The van der Waals surface area contributed by atoms with Gasteiger partial charge in [-0.05, 0) is 31.5 Å². The van der Waals surface area contributed by atoms with Crippen LogP contribution in [0.1, 0.15) is 31.3 Å². The van der Waals surface area contributed by atoms with Gasteiger partial charge in [0, 0.05) is 12.5 Å². The number of hydrogen-bond acceptors (Lipinski definition) is 5. The summed E-state index contributed by atoms with van der Waals surface area (Å²) in [6.45, 7) is 3.71. The largest absolute Gasteiger partial charge is 0.497 e. The van der Waals surface area contributed by atoms with Crippen LogP contribution in [0.25, 0.3) is 0 Å². The number of nitrogens with zero attached hydrogens (tertiary/aromatic N) is 3. The molecule has 0 aliphatic rings. The molecular formula is C13H18N4O3S. The van der Waals surface area contributed by atoms with Crippen LogP contribution < -0.4 is 9.88 Å². The molecule has 0 saturated carbocycles. The fourth-order valence-corrected chi connectivity index (χ4v) is 2.85. The first-order chi connectivity index (χ1) is 9.82. The van der Waals surface area contributed by atoms with Crippen molar-refractivity contribution in [2.75, 3.05) is 7.11 Å². The van der Waals surface area contributed by atoms with Gasteiger partial charge >= 0.3 is 0 Å². The average Bonchev–Trinajstić information content (AvgIpc) is 2.82. The third kappa shape index (κ3) is 3.40. The lowest BCUT2D eigenvalue weighted by atomic mass is 10.1. The van der Waals surface area contributed by atoms with Gasteiger partial charge in [0.15, 0.2) is 0 Å². The van der Waals surface area contributed by atoms with Crippen LogP contribution in [0.4, 0.5) is 0 Å². The minimum atomic E-state index is -3.90. The van der Waals surface area contributed by atoms with Crippen LogP contribution in [-0.4, -0.2) is 30.3 Å². The number of primary sulfonamides is 1. The van der Waals surface area contributed by atoms with Crippen molar-refractivity contribution < 1.29 is 13.2 Å². The molecule has 7 nitrogen and oxygen atoms in total. The number of rotatable bonds is 5. The maximum Gasteiger partial charge on any atom is 0.273 e. The van der Waals surface area contributed by atoms with E-state index in [2.05, 4.69) is 10.2 Å². The van der Waals surface area contributed by atoms with E-state index in [4.69, 9.17) is 9.88 Å². The van der Waals surface area contributed by atoms with Gasteiger partial charge in [0.1, 0.15) is 11.6 Å². The molecule has 21 heavy (non-hydrogen) atoms. The smallest absolute Gasteiger partial charge is 0.273 e. The highest BCUT2D eigenvalue weighted by molar-refractivity contribution is 7.89. The lowest BCUT2D eigenvalue weighted by molar-refractivity contribution is 0.414. The third-order valence-electron chi connectivity index (χ3n) is 3.00. The van der Waals surface area contributed by atoms with Gasteiger partial charge in [0.2, 0.25) is 0 Å². The van der Waals surface area contributed by atoms with Gasteiger partial charge in [-0.15, -0.1) is 10.2 Å². The molecule has 0 saturated heterocycles. The zero-order valence-electron chi connectivity index (χ0n) is 12.1. The van der Waals surface area contributed by atoms with E-state index in [0.29, 0.717) is 12.2 Å². The first kappa shape index (κ1) is 15.5.